The maximum atomic E-state index is 5.60. The van der Waals surface area contributed by atoms with Crippen LogP contribution in [0.25, 0.3) is 11.4 Å². The normalized spacial score (nSPS) is 10.2. The van der Waals surface area contributed by atoms with Gasteiger partial charge in [0.15, 0.2) is 11.5 Å². The van der Waals surface area contributed by atoms with E-state index in [9.17, 15) is 0 Å². The zero-order valence-electron chi connectivity index (χ0n) is 10.1. The fourth-order valence-corrected chi connectivity index (χ4v) is 1.63. The Bertz CT molecular complexity index is 556. The maximum Gasteiger partial charge on any atom is 0.320 e. The summed E-state index contributed by atoms with van der Waals surface area (Å²) in [5, 5.41) is 3.69. The van der Waals surface area contributed by atoms with Crippen molar-refractivity contribution < 1.29 is 18.7 Å². The molecule has 96 valence electrons. The average molecular weight is 271 g/mol. The fraction of sp³-hybridized carbons (Fsp3) is 0.273. The molecule has 0 N–H and O–H groups in total. The summed E-state index contributed by atoms with van der Waals surface area (Å²) in [6.45, 7) is 0. The van der Waals surface area contributed by atoms with Gasteiger partial charge in [-0.15, -0.1) is 0 Å². The maximum absolute atomic E-state index is 5.60. The number of rotatable bonds is 4. The third-order valence-corrected chi connectivity index (χ3v) is 2.50. The lowest BCUT2D eigenvalue weighted by molar-refractivity contribution is 0.349. The highest BCUT2D eigenvalue weighted by Crippen LogP contribution is 2.39. The summed E-state index contributed by atoms with van der Waals surface area (Å²) in [5.74, 6) is 1.94. The second-order valence-electron chi connectivity index (χ2n) is 3.28. The molecule has 0 radical (unpaired) electrons. The number of hydrogen-bond donors (Lipinski definition) is 0. The molecule has 0 aliphatic heterocycles. The quantitative estimate of drug-likeness (QED) is 0.850. The van der Waals surface area contributed by atoms with E-state index in [2.05, 4.69) is 10.1 Å². The molecule has 0 amide bonds. The highest BCUT2D eigenvalue weighted by atomic mass is 35.5. The van der Waals surface area contributed by atoms with Crippen LogP contribution in [0.15, 0.2) is 16.7 Å². The van der Waals surface area contributed by atoms with Crippen molar-refractivity contribution in [3.63, 3.8) is 0 Å². The minimum atomic E-state index is -0.0400. The first-order chi connectivity index (χ1) is 8.69. The summed E-state index contributed by atoms with van der Waals surface area (Å²) < 4.78 is 20.4. The largest absolute Gasteiger partial charge is 0.496 e. The molecule has 0 unspecified atom stereocenters. The van der Waals surface area contributed by atoms with Crippen molar-refractivity contribution in [1.29, 1.82) is 0 Å². The highest BCUT2D eigenvalue weighted by molar-refractivity contribution is 6.27. The van der Waals surface area contributed by atoms with E-state index in [1.807, 2.05) is 0 Å². The van der Waals surface area contributed by atoms with Crippen LogP contribution in [-0.4, -0.2) is 31.5 Å². The molecule has 1 aromatic heterocycles. The number of benzene rings is 1. The van der Waals surface area contributed by atoms with Crippen LogP contribution in [-0.2, 0) is 0 Å². The van der Waals surface area contributed by atoms with Crippen molar-refractivity contribution in [2.45, 2.75) is 0 Å². The summed E-state index contributed by atoms with van der Waals surface area (Å²) in [5.41, 5.74) is 0.603. The molecule has 0 aliphatic rings. The van der Waals surface area contributed by atoms with Crippen molar-refractivity contribution in [3.05, 3.63) is 17.5 Å². The van der Waals surface area contributed by atoms with Gasteiger partial charge in [0.25, 0.3) is 0 Å². The van der Waals surface area contributed by atoms with Crippen molar-refractivity contribution in [2.24, 2.45) is 0 Å². The van der Waals surface area contributed by atoms with Gasteiger partial charge < -0.3 is 18.7 Å². The van der Waals surface area contributed by atoms with Crippen molar-refractivity contribution in [2.75, 3.05) is 21.3 Å². The SMILES string of the molecule is COc1cc(OC)c(-c2noc(Cl)n2)cc1OC. The van der Waals surface area contributed by atoms with Crippen LogP contribution >= 0.6 is 11.6 Å². The van der Waals surface area contributed by atoms with Crippen LogP contribution in [0.2, 0.25) is 5.35 Å². The van der Waals surface area contributed by atoms with Gasteiger partial charge >= 0.3 is 5.35 Å². The fourth-order valence-electron chi connectivity index (χ4n) is 1.52. The molecule has 1 aromatic carbocycles. The van der Waals surface area contributed by atoms with E-state index in [4.69, 9.17) is 30.3 Å². The lowest BCUT2D eigenvalue weighted by Crippen LogP contribution is -1.95. The van der Waals surface area contributed by atoms with Gasteiger partial charge in [0.05, 0.1) is 26.9 Å². The number of hydrogen-bond acceptors (Lipinski definition) is 6. The number of ether oxygens (including phenoxy) is 3. The molecule has 0 aliphatic carbocycles. The Balaban J connectivity index is 2.58. The third-order valence-electron chi connectivity index (χ3n) is 2.35. The monoisotopic (exact) mass is 270 g/mol. The standard InChI is InChI=1S/C11H11ClN2O4/c1-15-7-5-9(17-3)8(16-2)4-6(7)10-13-11(12)18-14-10/h4-5H,1-3H3. The van der Waals surface area contributed by atoms with Gasteiger partial charge in [0.2, 0.25) is 5.82 Å². The first kappa shape index (κ1) is 12.5. The molecule has 7 heteroatoms. The minimum Gasteiger partial charge on any atom is -0.496 e. The van der Waals surface area contributed by atoms with E-state index in [-0.39, 0.29) is 5.35 Å². The molecule has 0 fully saturated rings. The van der Waals surface area contributed by atoms with Crippen LogP contribution < -0.4 is 14.2 Å². The van der Waals surface area contributed by atoms with Crippen molar-refractivity contribution >= 4 is 11.6 Å². The van der Waals surface area contributed by atoms with Crippen LogP contribution in [0.3, 0.4) is 0 Å². The second kappa shape index (κ2) is 5.14. The summed E-state index contributed by atoms with van der Waals surface area (Å²) in [6, 6.07) is 3.37. The molecular weight excluding hydrogens is 260 g/mol. The topological polar surface area (TPSA) is 66.6 Å². The zero-order valence-corrected chi connectivity index (χ0v) is 10.8. The Labute approximate surface area is 108 Å². The predicted octanol–water partition coefficient (Wildman–Crippen LogP) is 2.42. The first-order valence-electron chi connectivity index (χ1n) is 4.99. The predicted molar refractivity (Wildman–Crippen MR) is 64.4 cm³/mol. The first-order valence-corrected chi connectivity index (χ1v) is 5.37. The summed E-state index contributed by atoms with van der Waals surface area (Å²) in [7, 11) is 4.62. The van der Waals surface area contributed by atoms with Gasteiger partial charge in [-0.05, 0) is 17.7 Å². The van der Waals surface area contributed by atoms with Crippen LogP contribution in [0.4, 0.5) is 0 Å². The van der Waals surface area contributed by atoms with Crippen molar-refractivity contribution in [3.8, 4) is 28.6 Å². The van der Waals surface area contributed by atoms with Gasteiger partial charge in [0, 0.05) is 6.07 Å². The number of aromatic nitrogens is 2. The smallest absolute Gasteiger partial charge is 0.320 e. The molecular formula is C11H11ClN2O4. The highest BCUT2D eigenvalue weighted by Gasteiger charge is 2.17. The van der Waals surface area contributed by atoms with Crippen LogP contribution in [0.1, 0.15) is 0 Å². The lowest BCUT2D eigenvalue weighted by Gasteiger charge is -2.11. The Morgan fingerprint density at radius 3 is 2.11 bits per heavy atom. The van der Waals surface area contributed by atoms with Crippen LogP contribution in [0.5, 0.6) is 17.2 Å². The van der Waals surface area contributed by atoms with Gasteiger partial charge in [-0.1, -0.05) is 5.16 Å². The molecule has 0 saturated carbocycles. The number of nitrogens with zero attached hydrogens (tertiary/aromatic N) is 2. The Kier molecular flexibility index (Phi) is 3.57. The van der Waals surface area contributed by atoms with E-state index in [1.165, 1.54) is 14.2 Å². The molecule has 18 heavy (non-hydrogen) atoms. The lowest BCUT2D eigenvalue weighted by atomic mass is 10.1. The number of methoxy groups -OCH3 is 3. The van der Waals surface area contributed by atoms with Crippen LogP contribution in [0, 0.1) is 0 Å². The zero-order chi connectivity index (χ0) is 13.1. The van der Waals surface area contributed by atoms with Gasteiger partial charge in [-0.2, -0.15) is 4.98 Å². The van der Waals surface area contributed by atoms with Gasteiger partial charge in [0.1, 0.15) is 5.75 Å². The molecule has 0 spiro atoms. The van der Waals surface area contributed by atoms with E-state index in [0.717, 1.165) is 0 Å². The van der Waals surface area contributed by atoms with Gasteiger partial charge in [-0.3, -0.25) is 0 Å². The summed E-state index contributed by atoms with van der Waals surface area (Å²) in [4.78, 5) is 3.93. The van der Waals surface area contributed by atoms with E-state index in [0.29, 0.717) is 28.6 Å². The Morgan fingerprint density at radius 2 is 1.61 bits per heavy atom. The van der Waals surface area contributed by atoms with E-state index >= 15 is 0 Å². The molecule has 0 bridgehead atoms. The summed E-state index contributed by atoms with van der Waals surface area (Å²) in [6.07, 6.45) is 0. The summed E-state index contributed by atoms with van der Waals surface area (Å²) >= 11 is 5.60. The molecule has 6 nitrogen and oxygen atoms in total. The van der Waals surface area contributed by atoms with Crippen molar-refractivity contribution in [1.82, 2.24) is 10.1 Å². The molecule has 0 atom stereocenters. The molecule has 2 aromatic rings. The molecule has 2 rings (SSSR count). The molecule has 0 saturated heterocycles. The average Bonchev–Trinajstić information content (AvgIpc) is 2.83. The van der Waals surface area contributed by atoms with E-state index < -0.39 is 0 Å². The van der Waals surface area contributed by atoms with E-state index in [1.54, 1.807) is 19.2 Å². The molecule has 1 heterocycles. The third kappa shape index (κ3) is 2.19. The Morgan fingerprint density at radius 1 is 1.00 bits per heavy atom. The van der Waals surface area contributed by atoms with Gasteiger partial charge in [-0.25, -0.2) is 0 Å². The number of halogens is 1. The second-order valence-corrected chi connectivity index (χ2v) is 3.60. The Hall–Kier alpha value is -1.95. The minimum absolute atomic E-state index is 0.0400.